The monoisotopic (exact) mass is 550 g/mol. The fourth-order valence-electron chi connectivity index (χ4n) is 5.06. The molecule has 0 aromatic rings. The van der Waals surface area contributed by atoms with E-state index in [-0.39, 0.29) is 54.3 Å². The third-order valence-corrected chi connectivity index (χ3v) is 8.56. The van der Waals surface area contributed by atoms with Gasteiger partial charge in [-0.1, -0.05) is 49.5 Å². The number of carbonyl (C=O) groups is 1. The molecule has 0 unspecified atom stereocenters. The first-order chi connectivity index (χ1) is 17.3. The topological polar surface area (TPSA) is 74.2 Å². The highest BCUT2D eigenvalue weighted by molar-refractivity contribution is 6.69. The molecule has 0 spiro atoms. The summed E-state index contributed by atoms with van der Waals surface area (Å²) in [7, 11) is -0.228. The summed E-state index contributed by atoms with van der Waals surface area (Å²) in [6.45, 7) is 12.5. The Hall–Kier alpha value is -1.40. The van der Waals surface area contributed by atoms with Gasteiger partial charge < -0.3 is 23.7 Å². The van der Waals surface area contributed by atoms with Crippen LogP contribution >= 0.6 is 11.6 Å². The Morgan fingerprint density at radius 3 is 2.57 bits per heavy atom. The van der Waals surface area contributed by atoms with Crippen molar-refractivity contribution in [1.29, 1.82) is 0 Å². The van der Waals surface area contributed by atoms with Crippen molar-refractivity contribution in [1.82, 2.24) is 0 Å². The van der Waals surface area contributed by atoms with Crippen LogP contribution < -0.4 is 0 Å². The first-order valence-electron chi connectivity index (χ1n) is 13.3. The molecule has 3 rings (SSSR count). The largest absolute Gasteiger partial charge is 0.458 e. The Balaban J connectivity index is 1.84. The Morgan fingerprint density at radius 1 is 1.24 bits per heavy atom. The van der Waals surface area contributed by atoms with Crippen molar-refractivity contribution < 1.29 is 28.5 Å². The number of fused-ring (bicyclic) bond motifs is 2. The molecule has 206 valence electrons. The molecule has 2 bridgehead atoms. The fraction of sp³-hybridized carbons (Fsp3) is 0.690. The number of esters is 1. The standard InChI is InChI=1S/C29H43ClO6Si/c1-19-14-23(13-11-9-8-10-12-22-16-24(22)30)34-27(31)18-29(32)17-26(36-37(5,6)7)21(3)28(35-29)20(2)25(15-19)33-4/h8-9,11,13,15,20-26,28,32H,14,16-18H2,1-7H3/b9-8+,13-11+,19-15+/t20-,21-,22-,23+,24-,25-,26+,28+,29+/m1/s1. The van der Waals surface area contributed by atoms with E-state index in [0.717, 1.165) is 12.0 Å². The smallest absolute Gasteiger partial charge is 0.311 e. The van der Waals surface area contributed by atoms with Gasteiger partial charge in [-0.3, -0.25) is 4.79 Å². The predicted octanol–water partition coefficient (Wildman–Crippen LogP) is 5.37. The number of allylic oxidation sites excluding steroid dienone is 3. The number of halogens is 1. The van der Waals surface area contributed by atoms with Crippen molar-refractivity contribution in [2.45, 2.75) is 102 Å². The van der Waals surface area contributed by atoms with Crippen LogP contribution in [0.5, 0.6) is 0 Å². The van der Waals surface area contributed by atoms with E-state index in [4.69, 9.17) is 30.2 Å². The highest BCUT2D eigenvalue weighted by Crippen LogP contribution is 2.41. The molecule has 1 saturated heterocycles. The number of methoxy groups -OCH3 is 1. The van der Waals surface area contributed by atoms with Crippen LogP contribution in [0.15, 0.2) is 36.0 Å². The van der Waals surface area contributed by atoms with E-state index < -0.39 is 26.2 Å². The SMILES string of the molecule is CO[C@@H]1/C=C(\C)C[C@H](/C=C/C=C/C#C[C@@H]2C[C@H]2Cl)OC(=O)C[C@]2(O)C[C@H](O[Si](C)(C)C)[C@@H](C)[C@@H](O2)[C@@H]1C. The van der Waals surface area contributed by atoms with Gasteiger partial charge in [0, 0.05) is 43.1 Å². The maximum atomic E-state index is 13.0. The number of rotatable bonds is 5. The molecule has 1 N–H and O–H groups in total. The lowest BCUT2D eigenvalue weighted by Gasteiger charge is -2.49. The van der Waals surface area contributed by atoms with Crippen molar-refractivity contribution >= 4 is 25.9 Å². The summed E-state index contributed by atoms with van der Waals surface area (Å²) in [6.07, 6.45) is 9.42. The normalized spacial score (nSPS) is 40.7. The molecule has 2 aliphatic heterocycles. The second-order valence-electron chi connectivity index (χ2n) is 11.7. The molecule has 1 aliphatic carbocycles. The summed E-state index contributed by atoms with van der Waals surface area (Å²) in [4.78, 5) is 13.0. The van der Waals surface area contributed by atoms with Gasteiger partial charge >= 0.3 is 5.97 Å². The number of carbonyl (C=O) groups excluding carboxylic acids is 1. The van der Waals surface area contributed by atoms with E-state index >= 15 is 0 Å². The van der Waals surface area contributed by atoms with Gasteiger partial charge in [-0.2, -0.15) is 0 Å². The third-order valence-electron chi connectivity index (χ3n) is 7.07. The quantitative estimate of drug-likeness (QED) is 0.124. The minimum atomic E-state index is -1.91. The van der Waals surface area contributed by atoms with Crippen molar-refractivity contribution in [3.8, 4) is 11.8 Å². The Kier molecular flexibility index (Phi) is 10.3. The summed E-state index contributed by atoms with van der Waals surface area (Å²) in [6, 6.07) is 0. The van der Waals surface area contributed by atoms with Gasteiger partial charge in [-0.15, -0.1) is 11.6 Å². The van der Waals surface area contributed by atoms with E-state index in [2.05, 4.69) is 51.4 Å². The molecule has 8 heteroatoms. The van der Waals surface area contributed by atoms with Crippen LogP contribution in [-0.2, 0) is 23.4 Å². The second kappa shape index (κ2) is 12.6. The van der Waals surface area contributed by atoms with Gasteiger partial charge in [0.2, 0.25) is 0 Å². The van der Waals surface area contributed by atoms with Crippen molar-refractivity contribution in [2.24, 2.45) is 17.8 Å². The molecule has 3 aliphatic rings. The van der Waals surface area contributed by atoms with Gasteiger partial charge in [-0.25, -0.2) is 0 Å². The van der Waals surface area contributed by atoms with Crippen LogP contribution in [0.1, 0.15) is 46.5 Å². The lowest BCUT2D eigenvalue weighted by molar-refractivity contribution is -0.299. The number of aliphatic hydroxyl groups is 1. The molecule has 1 saturated carbocycles. The van der Waals surface area contributed by atoms with Crippen LogP contribution in [0.3, 0.4) is 0 Å². The molecular weight excluding hydrogens is 508 g/mol. The maximum Gasteiger partial charge on any atom is 0.311 e. The number of hydrogen-bond donors (Lipinski definition) is 1. The lowest BCUT2D eigenvalue weighted by atomic mass is 9.80. The number of cyclic esters (lactones) is 1. The predicted molar refractivity (Wildman–Crippen MR) is 148 cm³/mol. The zero-order valence-corrected chi connectivity index (χ0v) is 25.0. The molecule has 37 heavy (non-hydrogen) atoms. The fourth-order valence-corrected chi connectivity index (χ4v) is 6.52. The van der Waals surface area contributed by atoms with E-state index in [1.165, 1.54) is 0 Å². The molecule has 6 nitrogen and oxygen atoms in total. The van der Waals surface area contributed by atoms with Gasteiger partial charge in [-0.05, 0) is 45.1 Å². The Bertz CT molecular complexity index is 960. The molecule has 2 fully saturated rings. The van der Waals surface area contributed by atoms with E-state index in [1.54, 1.807) is 13.2 Å². The van der Waals surface area contributed by atoms with Gasteiger partial charge in [0.15, 0.2) is 14.1 Å². The average molecular weight is 551 g/mol. The first-order valence-corrected chi connectivity index (χ1v) is 17.1. The number of ether oxygens (including phenoxy) is 3. The summed E-state index contributed by atoms with van der Waals surface area (Å²) < 4.78 is 24.4. The molecular formula is C29H43ClO6Si. The first kappa shape index (κ1) is 30.1. The van der Waals surface area contributed by atoms with E-state index in [0.29, 0.717) is 6.42 Å². The van der Waals surface area contributed by atoms with Gasteiger partial charge in [0.05, 0.1) is 24.7 Å². The van der Waals surface area contributed by atoms with E-state index in [1.807, 2.05) is 25.2 Å². The minimum absolute atomic E-state index is 0.0214. The van der Waals surface area contributed by atoms with Crippen LogP contribution in [-0.4, -0.2) is 62.1 Å². The molecule has 0 amide bonds. The van der Waals surface area contributed by atoms with Crippen molar-refractivity contribution in [3.05, 3.63) is 36.0 Å². The highest BCUT2D eigenvalue weighted by atomic mass is 35.5. The van der Waals surface area contributed by atoms with Crippen LogP contribution in [0.4, 0.5) is 0 Å². The maximum absolute atomic E-state index is 13.0. The van der Waals surface area contributed by atoms with E-state index in [9.17, 15) is 9.90 Å². The average Bonchev–Trinajstić information content (AvgIpc) is 3.49. The summed E-state index contributed by atoms with van der Waals surface area (Å²) in [5.41, 5.74) is 1.04. The van der Waals surface area contributed by atoms with Crippen LogP contribution in [0.25, 0.3) is 0 Å². The molecule has 9 atom stereocenters. The van der Waals surface area contributed by atoms with Crippen molar-refractivity contribution in [2.75, 3.05) is 7.11 Å². The lowest BCUT2D eigenvalue weighted by Crippen LogP contribution is -2.57. The summed E-state index contributed by atoms with van der Waals surface area (Å²) in [5.74, 6) is 4.17. The van der Waals surface area contributed by atoms with Crippen LogP contribution in [0.2, 0.25) is 19.6 Å². The zero-order chi connectivity index (χ0) is 27.4. The Labute approximate surface area is 228 Å². The highest BCUT2D eigenvalue weighted by Gasteiger charge is 2.50. The van der Waals surface area contributed by atoms with Gasteiger partial charge in [0.25, 0.3) is 0 Å². The summed E-state index contributed by atoms with van der Waals surface area (Å²) >= 11 is 5.98. The van der Waals surface area contributed by atoms with Crippen molar-refractivity contribution in [3.63, 3.8) is 0 Å². The number of alkyl halides is 1. The van der Waals surface area contributed by atoms with Crippen LogP contribution in [0, 0.1) is 29.6 Å². The zero-order valence-electron chi connectivity index (χ0n) is 23.2. The molecule has 0 aromatic heterocycles. The minimum Gasteiger partial charge on any atom is -0.458 e. The molecule has 0 radical (unpaired) electrons. The summed E-state index contributed by atoms with van der Waals surface area (Å²) in [5, 5.41) is 11.7. The third kappa shape index (κ3) is 9.09. The Morgan fingerprint density at radius 2 is 1.95 bits per heavy atom. The number of hydrogen-bond acceptors (Lipinski definition) is 6. The molecule has 0 aromatic carbocycles. The molecule has 2 heterocycles. The van der Waals surface area contributed by atoms with Gasteiger partial charge in [0.1, 0.15) is 6.10 Å². The second-order valence-corrected chi connectivity index (χ2v) is 16.8.